The molecule has 0 aromatic heterocycles. The maximum atomic E-state index is 13.5. The van der Waals surface area contributed by atoms with Crippen LogP contribution in [0, 0.1) is 0 Å². The molecule has 0 aromatic carbocycles. The van der Waals surface area contributed by atoms with Crippen LogP contribution in [0.5, 0.6) is 0 Å². The summed E-state index contributed by atoms with van der Waals surface area (Å²) in [5, 5.41) is 0. The van der Waals surface area contributed by atoms with Crippen molar-refractivity contribution in [2.45, 2.75) is 36.8 Å². The molecule has 0 spiro atoms. The lowest BCUT2D eigenvalue weighted by atomic mass is 10.1. The molecule has 130 valence electrons. The summed E-state index contributed by atoms with van der Waals surface area (Å²) in [4.78, 5) is 19.7. The molecule has 1 saturated heterocycles. The largest absolute Gasteiger partial charge is 0.419 e. The first-order chi connectivity index (χ1) is 10.2. The van der Waals surface area contributed by atoms with Crippen LogP contribution in [0.4, 0.5) is 39.5 Å². The van der Waals surface area contributed by atoms with E-state index in [1.807, 2.05) is 0 Å². The minimum atomic E-state index is -6.36. The van der Waals surface area contributed by atoms with Gasteiger partial charge in [-0.25, -0.2) is 4.31 Å². The molecule has 0 unspecified atom stereocenters. The van der Waals surface area contributed by atoms with Crippen molar-refractivity contribution >= 4 is 23.8 Å². The van der Waals surface area contributed by atoms with Crippen LogP contribution in [0.2, 0.25) is 0 Å². The van der Waals surface area contributed by atoms with Crippen molar-refractivity contribution in [1.29, 1.82) is 0 Å². The molecule has 13 heteroatoms. The van der Waals surface area contributed by atoms with Crippen LogP contribution in [-0.2, 0) is 9.59 Å². The first-order valence-electron chi connectivity index (χ1n) is 5.65. The lowest BCUT2D eigenvalue weighted by molar-refractivity contribution is -0.272. The quantitative estimate of drug-likeness (QED) is 0.422. The lowest BCUT2D eigenvalue weighted by Crippen LogP contribution is -2.50. The van der Waals surface area contributed by atoms with Crippen LogP contribution in [0.1, 0.15) is 12.8 Å². The number of hydrogen-bond donors (Lipinski definition) is 0. The van der Waals surface area contributed by atoms with Crippen LogP contribution >= 0.6 is 11.9 Å². The standard InChI is InChI=1S/C10H4F9NO2S/c11-7(12)5(9(15,16)17)6(8(13,14)10(7,18)19)23-20-3(21)1-2-4(20)22/h1-2H2. The summed E-state index contributed by atoms with van der Waals surface area (Å²) in [5.41, 5.74) is -3.46. The summed E-state index contributed by atoms with van der Waals surface area (Å²) < 4.78 is 118. The predicted molar refractivity (Wildman–Crippen MR) is 56.6 cm³/mol. The number of alkyl halides is 9. The third-order valence-corrected chi connectivity index (χ3v) is 4.32. The Morgan fingerprint density at radius 1 is 0.870 bits per heavy atom. The molecule has 1 aliphatic heterocycles. The Kier molecular flexibility index (Phi) is 3.75. The maximum Gasteiger partial charge on any atom is 0.419 e. The van der Waals surface area contributed by atoms with Gasteiger partial charge in [-0.15, -0.1) is 0 Å². The van der Waals surface area contributed by atoms with E-state index in [1.54, 1.807) is 0 Å². The maximum absolute atomic E-state index is 13.5. The second-order valence-electron chi connectivity index (χ2n) is 4.60. The first kappa shape index (κ1) is 17.9. The summed E-state index contributed by atoms with van der Waals surface area (Å²) in [5.74, 6) is -21.0. The fourth-order valence-electron chi connectivity index (χ4n) is 1.96. The fraction of sp³-hybridized carbons (Fsp3) is 0.600. The molecule has 0 bridgehead atoms. The number of imide groups is 1. The molecule has 0 N–H and O–H groups in total. The Bertz CT molecular complexity index is 594. The third kappa shape index (κ3) is 2.31. The molecule has 0 atom stereocenters. The number of amides is 2. The Morgan fingerprint density at radius 2 is 1.30 bits per heavy atom. The minimum Gasteiger partial charge on any atom is -0.273 e. The molecular formula is C10H4F9NO2S. The average molecular weight is 373 g/mol. The first-order valence-corrected chi connectivity index (χ1v) is 6.42. The lowest BCUT2D eigenvalue weighted by Gasteiger charge is -2.26. The summed E-state index contributed by atoms with van der Waals surface area (Å²) in [7, 11) is 0. The third-order valence-electron chi connectivity index (χ3n) is 3.09. The molecule has 1 fully saturated rings. The zero-order valence-corrected chi connectivity index (χ0v) is 11.3. The Balaban J connectivity index is 2.63. The normalized spacial score (nSPS) is 26.4. The predicted octanol–water partition coefficient (Wildman–Crippen LogP) is 3.52. The van der Waals surface area contributed by atoms with Crippen molar-refractivity contribution in [2.24, 2.45) is 0 Å². The number of halogens is 9. The highest BCUT2D eigenvalue weighted by atomic mass is 32.2. The topological polar surface area (TPSA) is 37.4 Å². The van der Waals surface area contributed by atoms with E-state index in [9.17, 15) is 49.1 Å². The van der Waals surface area contributed by atoms with E-state index in [0.717, 1.165) is 0 Å². The van der Waals surface area contributed by atoms with Crippen molar-refractivity contribution in [2.75, 3.05) is 0 Å². The Labute approximate surface area is 125 Å². The van der Waals surface area contributed by atoms with Crippen molar-refractivity contribution in [3.63, 3.8) is 0 Å². The molecule has 0 saturated carbocycles. The van der Waals surface area contributed by atoms with E-state index in [0.29, 0.717) is 0 Å². The molecule has 1 heterocycles. The summed E-state index contributed by atoms with van der Waals surface area (Å²) in [6, 6.07) is 0. The van der Waals surface area contributed by atoms with Gasteiger partial charge in [-0.2, -0.15) is 39.5 Å². The smallest absolute Gasteiger partial charge is 0.273 e. The minimum absolute atomic E-state index is 0.244. The second-order valence-corrected chi connectivity index (χ2v) is 5.55. The fourth-order valence-corrected chi connectivity index (χ4v) is 3.10. The van der Waals surface area contributed by atoms with Crippen LogP contribution in [-0.4, -0.2) is 40.1 Å². The monoisotopic (exact) mass is 373 g/mol. The van der Waals surface area contributed by atoms with Gasteiger partial charge in [0.15, 0.2) is 0 Å². The Morgan fingerprint density at radius 3 is 1.70 bits per heavy atom. The average Bonchev–Trinajstić information content (AvgIpc) is 2.70. The van der Waals surface area contributed by atoms with E-state index >= 15 is 0 Å². The van der Waals surface area contributed by atoms with Gasteiger partial charge in [0, 0.05) is 24.8 Å². The zero-order valence-electron chi connectivity index (χ0n) is 10.5. The highest BCUT2D eigenvalue weighted by molar-refractivity contribution is 8.02. The Hall–Kier alpha value is -1.40. The molecule has 0 aromatic rings. The SMILES string of the molecule is O=C1CCC(=O)N1SC1=C(C(F)(F)F)C(F)(F)C(F)(F)C1(F)F. The molecular weight excluding hydrogens is 369 g/mol. The molecule has 2 amide bonds. The second kappa shape index (κ2) is 4.80. The van der Waals surface area contributed by atoms with Gasteiger partial charge < -0.3 is 0 Å². The number of rotatable bonds is 2. The molecule has 23 heavy (non-hydrogen) atoms. The van der Waals surface area contributed by atoms with Gasteiger partial charge in [-0.3, -0.25) is 9.59 Å². The summed E-state index contributed by atoms with van der Waals surface area (Å²) in [6.07, 6.45) is -7.33. The van der Waals surface area contributed by atoms with Crippen molar-refractivity contribution in [3.8, 4) is 0 Å². The number of carbonyl (C=O) groups is 2. The van der Waals surface area contributed by atoms with E-state index in [-0.39, 0.29) is 4.31 Å². The summed E-state index contributed by atoms with van der Waals surface area (Å²) >= 11 is -1.04. The highest BCUT2D eigenvalue weighted by Crippen LogP contribution is 2.65. The van der Waals surface area contributed by atoms with Gasteiger partial charge in [0.05, 0.1) is 4.91 Å². The van der Waals surface area contributed by atoms with Gasteiger partial charge in [0.2, 0.25) is 11.8 Å². The van der Waals surface area contributed by atoms with Gasteiger partial charge in [-0.1, -0.05) is 0 Å². The van der Waals surface area contributed by atoms with Crippen molar-refractivity contribution < 1.29 is 49.1 Å². The number of nitrogens with zero attached hydrogens (tertiary/aromatic N) is 1. The highest BCUT2D eigenvalue weighted by Gasteiger charge is 2.84. The van der Waals surface area contributed by atoms with Gasteiger partial charge in [0.1, 0.15) is 5.57 Å². The van der Waals surface area contributed by atoms with Gasteiger partial charge in [-0.05, 0) is 0 Å². The van der Waals surface area contributed by atoms with Crippen LogP contribution in [0.25, 0.3) is 0 Å². The van der Waals surface area contributed by atoms with E-state index in [4.69, 9.17) is 0 Å². The zero-order chi connectivity index (χ0) is 18.0. The molecule has 3 nitrogen and oxygen atoms in total. The molecule has 2 rings (SSSR count). The van der Waals surface area contributed by atoms with E-state index < -0.39 is 71.0 Å². The number of allylic oxidation sites excluding steroid dienone is 2. The van der Waals surface area contributed by atoms with Crippen molar-refractivity contribution in [1.82, 2.24) is 4.31 Å². The molecule has 1 aliphatic carbocycles. The van der Waals surface area contributed by atoms with E-state index in [1.165, 1.54) is 0 Å². The van der Waals surface area contributed by atoms with E-state index in [2.05, 4.69) is 0 Å². The molecule has 0 radical (unpaired) electrons. The van der Waals surface area contributed by atoms with Crippen LogP contribution < -0.4 is 0 Å². The van der Waals surface area contributed by atoms with Gasteiger partial charge in [0.25, 0.3) is 0 Å². The number of carbonyl (C=O) groups excluding carboxylic acids is 2. The summed E-state index contributed by atoms with van der Waals surface area (Å²) in [6.45, 7) is 0. The van der Waals surface area contributed by atoms with Crippen LogP contribution in [0.3, 0.4) is 0 Å². The number of hydrogen-bond acceptors (Lipinski definition) is 3. The van der Waals surface area contributed by atoms with Crippen molar-refractivity contribution in [3.05, 3.63) is 10.5 Å². The molecule has 2 aliphatic rings. The van der Waals surface area contributed by atoms with Gasteiger partial charge >= 0.3 is 23.9 Å². The van der Waals surface area contributed by atoms with Crippen LogP contribution in [0.15, 0.2) is 10.5 Å².